The zero-order chi connectivity index (χ0) is 24.0. The predicted molar refractivity (Wildman–Crippen MR) is 111 cm³/mol. The molecule has 3 atom stereocenters. The minimum Gasteiger partial charge on any atom is -0.332 e. The van der Waals surface area contributed by atoms with Crippen molar-refractivity contribution in [1.29, 1.82) is 0 Å². The molecule has 0 saturated carbocycles. The third-order valence-corrected chi connectivity index (χ3v) is 6.62. The van der Waals surface area contributed by atoms with Crippen molar-refractivity contribution in [2.24, 2.45) is 5.92 Å². The monoisotopic (exact) mass is 474 g/mol. The molecule has 2 aliphatic rings. The lowest BCUT2D eigenvalue weighted by Gasteiger charge is -2.25. The van der Waals surface area contributed by atoms with E-state index in [-0.39, 0.29) is 41.8 Å². The number of benzene rings is 1. The molecule has 0 N–H and O–H groups in total. The van der Waals surface area contributed by atoms with E-state index in [0.29, 0.717) is 29.8 Å². The van der Waals surface area contributed by atoms with Gasteiger partial charge in [0.1, 0.15) is 5.82 Å². The Balaban J connectivity index is 1.38. The van der Waals surface area contributed by atoms with Crippen molar-refractivity contribution in [3.05, 3.63) is 77.4 Å². The van der Waals surface area contributed by atoms with Crippen LogP contribution in [0.4, 0.5) is 22.0 Å². The number of fused-ring (bicyclic) bond motifs is 2. The number of hydrogen-bond acceptors (Lipinski definition) is 4. The molecule has 2 fully saturated rings. The summed E-state index contributed by atoms with van der Waals surface area (Å²) in [6.45, 7) is 0. The summed E-state index contributed by atoms with van der Waals surface area (Å²) < 4.78 is 66.1. The third-order valence-electron chi connectivity index (χ3n) is 6.62. The smallest absolute Gasteiger partial charge is 0.332 e. The van der Waals surface area contributed by atoms with Gasteiger partial charge in [0.2, 0.25) is 0 Å². The Hall–Kier alpha value is -3.43. The van der Waals surface area contributed by atoms with Crippen molar-refractivity contribution in [1.82, 2.24) is 19.9 Å². The number of carbonyl (C=O) groups is 1. The Morgan fingerprint density at radius 3 is 2.47 bits per heavy atom. The van der Waals surface area contributed by atoms with Crippen LogP contribution in [0.15, 0.2) is 48.9 Å². The number of pyridine rings is 1. The Morgan fingerprint density at radius 2 is 1.76 bits per heavy atom. The van der Waals surface area contributed by atoms with Crippen LogP contribution >= 0.6 is 0 Å². The Morgan fingerprint density at radius 1 is 1.03 bits per heavy atom. The van der Waals surface area contributed by atoms with E-state index in [4.69, 9.17) is 0 Å². The van der Waals surface area contributed by atoms with Gasteiger partial charge in [0.25, 0.3) is 5.91 Å². The third kappa shape index (κ3) is 4.01. The number of amides is 1. The number of nitrogens with zero attached hydrogens (tertiary/aromatic N) is 4. The topological polar surface area (TPSA) is 59.0 Å². The second-order valence-corrected chi connectivity index (χ2v) is 8.63. The van der Waals surface area contributed by atoms with Gasteiger partial charge < -0.3 is 4.90 Å². The summed E-state index contributed by atoms with van der Waals surface area (Å²) in [7, 11) is 0. The number of rotatable bonds is 4. The van der Waals surface area contributed by atoms with Gasteiger partial charge in [-0.3, -0.25) is 9.78 Å². The average Bonchev–Trinajstić information content (AvgIpc) is 3.37. The van der Waals surface area contributed by atoms with Crippen molar-refractivity contribution in [3.63, 3.8) is 0 Å². The van der Waals surface area contributed by atoms with Gasteiger partial charge in [0, 0.05) is 23.8 Å². The van der Waals surface area contributed by atoms with Crippen LogP contribution in [-0.2, 0) is 12.6 Å². The number of carbonyl (C=O) groups excluding carboxylic acids is 1. The molecule has 1 amide bonds. The van der Waals surface area contributed by atoms with Crippen LogP contribution in [-0.4, -0.2) is 37.8 Å². The number of hydrogen-bond donors (Lipinski definition) is 0. The molecule has 5 rings (SSSR count). The maximum absolute atomic E-state index is 14.4. The maximum Gasteiger partial charge on any atom is 0.417 e. The zero-order valence-electron chi connectivity index (χ0n) is 17.8. The fourth-order valence-electron chi connectivity index (χ4n) is 5.12. The van der Waals surface area contributed by atoms with Gasteiger partial charge in [-0.1, -0.05) is 18.2 Å². The summed E-state index contributed by atoms with van der Waals surface area (Å²) in [6.07, 6.45) is 0.335. The zero-order valence-corrected chi connectivity index (χ0v) is 17.8. The molecule has 3 unspecified atom stereocenters. The van der Waals surface area contributed by atoms with E-state index in [2.05, 4.69) is 15.0 Å². The van der Waals surface area contributed by atoms with E-state index in [0.717, 1.165) is 25.2 Å². The second-order valence-electron chi connectivity index (χ2n) is 8.63. The Kier molecular flexibility index (Phi) is 5.53. The minimum absolute atomic E-state index is 0.0296. The van der Waals surface area contributed by atoms with Crippen molar-refractivity contribution >= 4 is 5.91 Å². The predicted octanol–water partition coefficient (Wildman–Crippen LogP) is 5.07. The van der Waals surface area contributed by atoms with E-state index in [1.165, 1.54) is 0 Å². The van der Waals surface area contributed by atoms with E-state index < -0.39 is 23.4 Å². The molecule has 0 aliphatic carbocycles. The molecule has 2 aromatic heterocycles. The van der Waals surface area contributed by atoms with E-state index in [1.807, 2.05) is 0 Å². The normalized spacial score (nSPS) is 21.8. The molecule has 3 aromatic rings. The van der Waals surface area contributed by atoms with Crippen LogP contribution < -0.4 is 0 Å². The quantitative estimate of drug-likeness (QED) is 0.496. The summed E-state index contributed by atoms with van der Waals surface area (Å²) in [6, 6.07) is 7.05. The van der Waals surface area contributed by atoms with Crippen LogP contribution in [0.5, 0.6) is 0 Å². The highest BCUT2D eigenvalue weighted by atomic mass is 19.4. The number of aromatic nitrogens is 3. The van der Waals surface area contributed by atoms with E-state index in [1.54, 1.807) is 29.2 Å². The summed E-state index contributed by atoms with van der Waals surface area (Å²) in [5.41, 5.74) is -0.299. The molecular weight excluding hydrogens is 455 g/mol. The van der Waals surface area contributed by atoms with Crippen molar-refractivity contribution in [3.8, 4) is 11.4 Å². The highest BCUT2D eigenvalue weighted by Gasteiger charge is 2.49. The molecule has 2 saturated heterocycles. The van der Waals surface area contributed by atoms with E-state index >= 15 is 0 Å². The first-order valence-electron chi connectivity index (χ1n) is 10.8. The molecule has 2 aliphatic heterocycles. The summed E-state index contributed by atoms with van der Waals surface area (Å²) in [4.78, 5) is 27.1. The fourth-order valence-corrected chi connectivity index (χ4v) is 5.12. The summed E-state index contributed by atoms with van der Waals surface area (Å²) >= 11 is 0. The lowest BCUT2D eigenvalue weighted by Crippen LogP contribution is -2.37. The largest absolute Gasteiger partial charge is 0.417 e. The number of alkyl halides is 3. The second kappa shape index (κ2) is 8.41. The highest BCUT2D eigenvalue weighted by Crippen LogP contribution is 2.44. The van der Waals surface area contributed by atoms with Crippen LogP contribution in [0.2, 0.25) is 0 Å². The molecule has 5 nitrogen and oxygen atoms in total. The van der Waals surface area contributed by atoms with Gasteiger partial charge in [-0.15, -0.1) is 0 Å². The lowest BCUT2D eigenvalue weighted by atomic mass is 9.85. The highest BCUT2D eigenvalue weighted by molar-refractivity contribution is 6.00. The van der Waals surface area contributed by atoms with Gasteiger partial charge >= 0.3 is 6.18 Å². The lowest BCUT2D eigenvalue weighted by molar-refractivity contribution is -0.138. The maximum atomic E-state index is 14.4. The Bertz CT molecular complexity index is 1230. The van der Waals surface area contributed by atoms with Crippen molar-refractivity contribution < 1.29 is 26.7 Å². The van der Waals surface area contributed by atoms with Crippen LogP contribution in [0.25, 0.3) is 11.4 Å². The first kappa shape index (κ1) is 22.4. The minimum atomic E-state index is -4.66. The summed E-state index contributed by atoms with van der Waals surface area (Å²) in [5, 5.41) is 0. The molecular formula is C24H19F5N4O. The molecule has 10 heteroatoms. The first-order valence-corrected chi connectivity index (χ1v) is 10.8. The molecule has 4 heterocycles. The average molecular weight is 474 g/mol. The van der Waals surface area contributed by atoms with Crippen molar-refractivity contribution in [2.45, 2.75) is 43.9 Å². The Labute approximate surface area is 191 Å². The first-order chi connectivity index (χ1) is 16.2. The van der Waals surface area contributed by atoms with Gasteiger partial charge in [0.05, 0.1) is 29.2 Å². The van der Waals surface area contributed by atoms with Gasteiger partial charge in [-0.25, -0.2) is 18.7 Å². The van der Waals surface area contributed by atoms with E-state index in [9.17, 15) is 26.7 Å². The molecule has 34 heavy (non-hydrogen) atoms. The van der Waals surface area contributed by atoms with Gasteiger partial charge in [0.15, 0.2) is 11.6 Å². The molecule has 0 spiro atoms. The van der Waals surface area contributed by atoms with Crippen LogP contribution in [0.3, 0.4) is 0 Å². The van der Waals surface area contributed by atoms with Crippen molar-refractivity contribution in [2.75, 3.05) is 0 Å². The van der Waals surface area contributed by atoms with Gasteiger partial charge in [-0.2, -0.15) is 13.2 Å². The molecule has 0 radical (unpaired) electrons. The van der Waals surface area contributed by atoms with Gasteiger partial charge in [-0.05, 0) is 43.7 Å². The van der Waals surface area contributed by atoms with Crippen LogP contribution in [0, 0.1) is 17.6 Å². The SMILES string of the molecule is O=C(c1ccccc1-c1ncc(F)cn1)N1C2CCC1C(Cc1ncc(C(F)(F)F)cc1F)C2. The molecule has 1 aromatic carbocycles. The fraction of sp³-hybridized carbons (Fsp3) is 0.333. The summed E-state index contributed by atoms with van der Waals surface area (Å²) in [5.74, 6) is -1.69. The van der Waals surface area contributed by atoms with Crippen LogP contribution in [0.1, 0.15) is 40.9 Å². The molecule has 2 bridgehead atoms. The molecule has 176 valence electrons. The number of halogens is 5. The standard InChI is InChI=1S/C24H19F5N4O/c25-15-11-31-22(32-12-15)17-3-1-2-4-18(17)23(34)33-16-5-6-21(33)13(7-16)8-20-19(26)9-14(10-30-20)24(27,28)29/h1-4,9-13,16,21H,5-8H2.